The summed E-state index contributed by atoms with van der Waals surface area (Å²) in [7, 11) is 0. The third kappa shape index (κ3) is 4.17. The van der Waals surface area contributed by atoms with Crippen LogP contribution in [0.1, 0.15) is 32.0 Å². The van der Waals surface area contributed by atoms with E-state index in [2.05, 4.69) is 10.3 Å². The zero-order chi connectivity index (χ0) is 20.2. The van der Waals surface area contributed by atoms with Crippen molar-refractivity contribution in [1.82, 2.24) is 9.88 Å². The number of hydrogen-bond donors (Lipinski definition) is 1. The Labute approximate surface area is 174 Å². The van der Waals surface area contributed by atoms with Gasteiger partial charge >= 0.3 is 0 Å². The molecule has 1 aromatic heterocycles. The minimum Gasteiger partial charge on any atom is -0.334 e. The van der Waals surface area contributed by atoms with Crippen LogP contribution in [-0.4, -0.2) is 34.5 Å². The summed E-state index contributed by atoms with van der Waals surface area (Å²) in [5, 5.41) is 2.89. The highest BCUT2D eigenvalue weighted by Gasteiger charge is 2.23. The lowest BCUT2D eigenvalue weighted by Crippen LogP contribution is -2.36. The second kappa shape index (κ2) is 8.49. The van der Waals surface area contributed by atoms with Crippen molar-refractivity contribution in [3.05, 3.63) is 89.2 Å². The number of anilines is 1. The molecule has 5 nitrogen and oxygen atoms in total. The number of nitrogens with zero attached hydrogens (tertiary/aromatic N) is 2. The standard InChI is InChI=1S/C23H21N3O2S/c1-29-21-8-3-2-6-19(21)23(28)26-13-11-16-9-10-18(14-17(16)15-26)25-22(27)20-7-4-5-12-24-20/h2-10,12,14H,11,13,15H2,1H3,(H,25,27). The minimum absolute atomic E-state index is 0.0449. The maximum atomic E-state index is 13.1. The molecule has 0 atom stereocenters. The van der Waals surface area contributed by atoms with Gasteiger partial charge in [-0.2, -0.15) is 0 Å². The lowest BCUT2D eigenvalue weighted by Gasteiger charge is -2.30. The molecule has 0 saturated carbocycles. The van der Waals surface area contributed by atoms with Crippen LogP contribution in [0.15, 0.2) is 71.8 Å². The number of carbonyl (C=O) groups excluding carboxylic acids is 2. The zero-order valence-electron chi connectivity index (χ0n) is 16.1. The summed E-state index contributed by atoms with van der Waals surface area (Å²) >= 11 is 1.58. The monoisotopic (exact) mass is 403 g/mol. The van der Waals surface area contributed by atoms with Gasteiger partial charge in [0, 0.05) is 29.9 Å². The number of hydrogen-bond acceptors (Lipinski definition) is 4. The van der Waals surface area contributed by atoms with Crippen molar-refractivity contribution in [2.45, 2.75) is 17.9 Å². The van der Waals surface area contributed by atoms with Crippen LogP contribution in [0, 0.1) is 0 Å². The average molecular weight is 404 g/mol. The van der Waals surface area contributed by atoms with E-state index in [0.29, 0.717) is 24.5 Å². The van der Waals surface area contributed by atoms with Gasteiger partial charge in [-0.1, -0.05) is 24.3 Å². The average Bonchev–Trinajstić information content (AvgIpc) is 2.78. The molecule has 4 rings (SSSR count). The summed E-state index contributed by atoms with van der Waals surface area (Å²) in [6.07, 6.45) is 4.38. The molecule has 0 saturated heterocycles. The maximum absolute atomic E-state index is 13.1. The summed E-state index contributed by atoms with van der Waals surface area (Å²) in [4.78, 5) is 32.4. The van der Waals surface area contributed by atoms with Gasteiger partial charge in [0.2, 0.25) is 0 Å². The molecule has 2 amide bonds. The fourth-order valence-corrected chi connectivity index (χ4v) is 4.08. The predicted molar refractivity (Wildman–Crippen MR) is 115 cm³/mol. The van der Waals surface area contributed by atoms with E-state index in [-0.39, 0.29) is 11.8 Å². The van der Waals surface area contributed by atoms with E-state index in [4.69, 9.17) is 0 Å². The third-order valence-electron chi connectivity index (χ3n) is 5.00. The lowest BCUT2D eigenvalue weighted by atomic mass is 9.98. The first-order chi connectivity index (χ1) is 14.2. The minimum atomic E-state index is -0.247. The van der Waals surface area contributed by atoms with Gasteiger partial charge in [0.15, 0.2) is 0 Å². The molecule has 0 bridgehead atoms. The molecule has 2 heterocycles. The van der Waals surface area contributed by atoms with Gasteiger partial charge in [0.1, 0.15) is 5.69 Å². The normalized spacial score (nSPS) is 12.9. The Bertz CT molecular complexity index is 1050. The first-order valence-corrected chi connectivity index (χ1v) is 10.6. The van der Waals surface area contributed by atoms with Crippen molar-refractivity contribution >= 4 is 29.3 Å². The number of rotatable bonds is 4. The van der Waals surface area contributed by atoms with Crippen molar-refractivity contribution in [2.75, 3.05) is 18.1 Å². The Morgan fingerprint density at radius 1 is 1.03 bits per heavy atom. The van der Waals surface area contributed by atoms with E-state index in [9.17, 15) is 9.59 Å². The van der Waals surface area contributed by atoms with E-state index in [1.807, 2.05) is 53.6 Å². The Morgan fingerprint density at radius 2 is 1.86 bits per heavy atom. The third-order valence-corrected chi connectivity index (χ3v) is 5.79. The molecule has 1 aliphatic rings. The lowest BCUT2D eigenvalue weighted by molar-refractivity contribution is 0.0731. The first kappa shape index (κ1) is 19.2. The Morgan fingerprint density at radius 3 is 2.66 bits per heavy atom. The number of thioether (sulfide) groups is 1. The molecule has 0 fully saturated rings. The Balaban J connectivity index is 1.52. The van der Waals surface area contributed by atoms with Gasteiger partial charge in [-0.05, 0) is 60.2 Å². The van der Waals surface area contributed by atoms with Crippen molar-refractivity contribution in [2.24, 2.45) is 0 Å². The highest BCUT2D eigenvalue weighted by Crippen LogP contribution is 2.27. The van der Waals surface area contributed by atoms with Crippen LogP contribution < -0.4 is 5.32 Å². The van der Waals surface area contributed by atoms with Gasteiger partial charge in [-0.25, -0.2) is 0 Å². The molecule has 0 aliphatic carbocycles. The number of fused-ring (bicyclic) bond motifs is 1. The fourth-order valence-electron chi connectivity index (χ4n) is 3.49. The van der Waals surface area contributed by atoms with Gasteiger partial charge in [-0.3, -0.25) is 14.6 Å². The summed E-state index contributed by atoms with van der Waals surface area (Å²) in [6.45, 7) is 1.22. The fraction of sp³-hybridized carbons (Fsp3) is 0.174. The zero-order valence-corrected chi connectivity index (χ0v) is 16.9. The van der Waals surface area contributed by atoms with Crippen molar-refractivity contribution in [3.63, 3.8) is 0 Å². The maximum Gasteiger partial charge on any atom is 0.274 e. The molecule has 2 aromatic carbocycles. The highest BCUT2D eigenvalue weighted by atomic mass is 32.2. The summed E-state index contributed by atoms with van der Waals surface area (Å²) in [6, 6.07) is 18.8. The smallest absolute Gasteiger partial charge is 0.274 e. The molecule has 0 radical (unpaired) electrons. The van der Waals surface area contributed by atoms with Gasteiger partial charge in [-0.15, -0.1) is 11.8 Å². The van der Waals surface area contributed by atoms with Crippen LogP contribution in [0.25, 0.3) is 0 Å². The molecule has 146 valence electrons. The second-order valence-corrected chi connectivity index (χ2v) is 7.68. The van der Waals surface area contributed by atoms with Crippen molar-refractivity contribution in [1.29, 1.82) is 0 Å². The molecular weight excluding hydrogens is 382 g/mol. The number of nitrogens with one attached hydrogen (secondary N) is 1. The molecule has 0 spiro atoms. The van der Waals surface area contributed by atoms with Crippen molar-refractivity contribution < 1.29 is 9.59 Å². The van der Waals surface area contributed by atoms with Crippen LogP contribution >= 0.6 is 11.8 Å². The summed E-state index contributed by atoms with van der Waals surface area (Å²) in [5.41, 5.74) is 4.09. The van der Waals surface area contributed by atoms with Crippen LogP contribution in [0.4, 0.5) is 5.69 Å². The number of aromatic nitrogens is 1. The number of pyridine rings is 1. The van der Waals surface area contributed by atoms with Crippen LogP contribution in [0.5, 0.6) is 0 Å². The van der Waals surface area contributed by atoms with E-state index in [1.54, 1.807) is 36.2 Å². The van der Waals surface area contributed by atoms with Gasteiger partial charge in [0.25, 0.3) is 11.8 Å². The quantitative estimate of drug-likeness (QED) is 0.662. The molecular formula is C23H21N3O2S. The van der Waals surface area contributed by atoms with Gasteiger partial charge in [0.05, 0.1) is 5.56 Å². The summed E-state index contributed by atoms with van der Waals surface area (Å²) < 4.78 is 0. The SMILES string of the molecule is CSc1ccccc1C(=O)N1CCc2ccc(NC(=O)c3ccccn3)cc2C1. The summed E-state index contributed by atoms with van der Waals surface area (Å²) in [5.74, 6) is -0.202. The molecule has 3 aromatic rings. The topological polar surface area (TPSA) is 62.3 Å². The predicted octanol–water partition coefficient (Wildman–Crippen LogP) is 4.25. The van der Waals surface area contributed by atoms with E-state index < -0.39 is 0 Å². The first-order valence-electron chi connectivity index (χ1n) is 9.42. The van der Waals surface area contributed by atoms with Crippen LogP contribution in [0.2, 0.25) is 0 Å². The Hall–Kier alpha value is -3.12. The molecule has 6 heteroatoms. The molecule has 29 heavy (non-hydrogen) atoms. The van der Waals surface area contributed by atoms with E-state index in [0.717, 1.165) is 22.4 Å². The number of benzene rings is 2. The van der Waals surface area contributed by atoms with Crippen LogP contribution in [0.3, 0.4) is 0 Å². The van der Waals surface area contributed by atoms with Gasteiger partial charge < -0.3 is 10.2 Å². The van der Waals surface area contributed by atoms with E-state index >= 15 is 0 Å². The Kier molecular flexibility index (Phi) is 5.62. The number of carbonyl (C=O) groups is 2. The van der Waals surface area contributed by atoms with E-state index in [1.165, 1.54) is 5.56 Å². The second-order valence-electron chi connectivity index (χ2n) is 6.83. The number of amides is 2. The van der Waals surface area contributed by atoms with Crippen molar-refractivity contribution in [3.8, 4) is 0 Å². The molecule has 0 unspecified atom stereocenters. The molecule has 1 N–H and O–H groups in total. The molecule has 1 aliphatic heterocycles. The largest absolute Gasteiger partial charge is 0.334 e. The van der Waals surface area contributed by atoms with Crippen LogP contribution in [-0.2, 0) is 13.0 Å². The highest BCUT2D eigenvalue weighted by molar-refractivity contribution is 7.98.